The largest absolute Gasteiger partial charge is 0.497 e. The molecule has 1 aromatic carbocycles. The van der Waals surface area contributed by atoms with Crippen molar-refractivity contribution in [3.8, 4) is 11.5 Å². The van der Waals surface area contributed by atoms with Gasteiger partial charge in [-0.25, -0.2) is 0 Å². The van der Waals surface area contributed by atoms with Crippen LogP contribution in [0.3, 0.4) is 0 Å². The minimum absolute atomic E-state index is 0.0352. The molecule has 0 bridgehead atoms. The summed E-state index contributed by atoms with van der Waals surface area (Å²) >= 11 is 5.81. The maximum Gasteiger partial charge on any atom is 0.173 e. The average Bonchev–Trinajstić information content (AvgIpc) is 2.36. The summed E-state index contributed by atoms with van der Waals surface area (Å²) in [4.78, 5) is 12.3. The van der Waals surface area contributed by atoms with Crippen LogP contribution in [0.1, 0.15) is 24.2 Å². The molecule has 1 aromatic rings. The van der Waals surface area contributed by atoms with Crippen molar-refractivity contribution in [1.29, 1.82) is 0 Å². The second kappa shape index (κ2) is 5.41. The number of methoxy groups -OCH3 is 2. The fraction of sp³-hybridized carbons (Fsp3) is 0.462. The van der Waals surface area contributed by atoms with Crippen molar-refractivity contribution >= 4 is 17.4 Å². The normalized spacial score (nSPS) is 11.1. The van der Waals surface area contributed by atoms with Crippen LogP contribution in [0.5, 0.6) is 11.5 Å². The number of rotatable bonds is 5. The molecule has 0 spiro atoms. The summed E-state index contributed by atoms with van der Waals surface area (Å²) in [6.07, 6.45) is 0. The van der Waals surface area contributed by atoms with Crippen LogP contribution in [0, 0.1) is 5.41 Å². The second-order valence-electron chi connectivity index (χ2n) is 4.41. The number of benzene rings is 1. The van der Waals surface area contributed by atoms with E-state index in [2.05, 4.69) is 0 Å². The zero-order valence-electron chi connectivity index (χ0n) is 10.5. The van der Waals surface area contributed by atoms with Gasteiger partial charge in [-0.2, -0.15) is 0 Å². The number of ketones is 1. The summed E-state index contributed by atoms with van der Waals surface area (Å²) in [7, 11) is 3.10. The van der Waals surface area contributed by atoms with Gasteiger partial charge >= 0.3 is 0 Å². The standard InChI is InChI=1S/C13H17ClO3/c1-13(2,8-14)12(15)10-6-5-9(16-3)7-11(10)17-4/h5-7H,8H2,1-4H3. The van der Waals surface area contributed by atoms with Crippen LogP contribution in [0.15, 0.2) is 18.2 Å². The van der Waals surface area contributed by atoms with Crippen molar-refractivity contribution in [2.45, 2.75) is 13.8 Å². The number of halogens is 1. The molecule has 0 N–H and O–H groups in total. The van der Waals surface area contributed by atoms with Crippen molar-refractivity contribution in [1.82, 2.24) is 0 Å². The zero-order valence-corrected chi connectivity index (χ0v) is 11.3. The van der Waals surface area contributed by atoms with Gasteiger partial charge in [-0.3, -0.25) is 4.79 Å². The third kappa shape index (κ3) is 2.91. The molecule has 4 heteroatoms. The van der Waals surface area contributed by atoms with E-state index in [4.69, 9.17) is 21.1 Å². The topological polar surface area (TPSA) is 35.5 Å². The minimum Gasteiger partial charge on any atom is -0.497 e. The lowest BCUT2D eigenvalue weighted by Crippen LogP contribution is -2.26. The molecule has 94 valence electrons. The van der Waals surface area contributed by atoms with Gasteiger partial charge in [0, 0.05) is 17.4 Å². The monoisotopic (exact) mass is 256 g/mol. The number of hydrogen-bond donors (Lipinski definition) is 0. The van der Waals surface area contributed by atoms with Crippen LogP contribution in [0.2, 0.25) is 0 Å². The van der Waals surface area contributed by atoms with Gasteiger partial charge in [0.2, 0.25) is 0 Å². The summed E-state index contributed by atoms with van der Waals surface area (Å²) < 4.78 is 10.3. The van der Waals surface area contributed by atoms with E-state index in [-0.39, 0.29) is 11.7 Å². The first-order valence-electron chi connectivity index (χ1n) is 5.29. The molecule has 0 radical (unpaired) electrons. The van der Waals surface area contributed by atoms with E-state index in [0.29, 0.717) is 17.1 Å². The van der Waals surface area contributed by atoms with Crippen LogP contribution < -0.4 is 9.47 Å². The summed E-state index contributed by atoms with van der Waals surface area (Å²) in [6, 6.07) is 5.13. The highest BCUT2D eigenvalue weighted by Crippen LogP contribution is 2.31. The Morgan fingerprint density at radius 3 is 2.41 bits per heavy atom. The Balaban J connectivity index is 3.18. The quantitative estimate of drug-likeness (QED) is 0.600. The van der Waals surface area contributed by atoms with Crippen LogP contribution >= 0.6 is 11.6 Å². The molecule has 17 heavy (non-hydrogen) atoms. The molecule has 0 aliphatic carbocycles. The molecular formula is C13H17ClO3. The molecule has 0 unspecified atom stereocenters. The average molecular weight is 257 g/mol. The lowest BCUT2D eigenvalue weighted by atomic mass is 9.86. The van der Waals surface area contributed by atoms with Crippen LogP contribution in [0.25, 0.3) is 0 Å². The minimum atomic E-state index is -0.608. The molecule has 0 amide bonds. The Kier molecular flexibility index (Phi) is 4.40. The van der Waals surface area contributed by atoms with Crippen LogP contribution in [0.4, 0.5) is 0 Å². The zero-order chi connectivity index (χ0) is 13.1. The smallest absolute Gasteiger partial charge is 0.173 e. The molecule has 1 rings (SSSR count). The van der Waals surface area contributed by atoms with E-state index < -0.39 is 5.41 Å². The molecular weight excluding hydrogens is 240 g/mol. The molecule has 3 nitrogen and oxygen atoms in total. The Bertz CT molecular complexity index is 413. The maximum atomic E-state index is 12.3. The Morgan fingerprint density at radius 1 is 1.29 bits per heavy atom. The Labute approximate surface area is 107 Å². The highest BCUT2D eigenvalue weighted by Gasteiger charge is 2.29. The molecule has 0 aliphatic heterocycles. The maximum absolute atomic E-state index is 12.3. The first-order valence-corrected chi connectivity index (χ1v) is 5.82. The number of Topliss-reactive ketones (excluding diaryl/α,β-unsaturated/α-hetero) is 1. The van der Waals surface area contributed by atoms with Crippen LogP contribution in [-0.2, 0) is 0 Å². The summed E-state index contributed by atoms with van der Waals surface area (Å²) in [5.74, 6) is 1.39. The van der Waals surface area contributed by atoms with Crippen LogP contribution in [-0.4, -0.2) is 25.9 Å². The van der Waals surface area contributed by atoms with Crippen molar-refractivity contribution in [2.75, 3.05) is 20.1 Å². The van der Waals surface area contributed by atoms with E-state index in [1.165, 1.54) is 7.11 Å². The van der Waals surface area contributed by atoms with Crippen molar-refractivity contribution < 1.29 is 14.3 Å². The second-order valence-corrected chi connectivity index (χ2v) is 4.68. The number of hydrogen-bond acceptors (Lipinski definition) is 3. The third-order valence-corrected chi connectivity index (χ3v) is 3.27. The predicted molar refractivity (Wildman–Crippen MR) is 68.4 cm³/mol. The van der Waals surface area contributed by atoms with Gasteiger partial charge in [0.25, 0.3) is 0 Å². The number of carbonyl (C=O) groups is 1. The lowest BCUT2D eigenvalue weighted by Gasteiger charge is -2.21. The molecule has 0 fully saturated rings. The number of carbonyl (C=O) groups excluding carboxylic acids is 1. The molecule has 0 aromatic heterocycles. The van der Waals surface area contributed by atoms with Gasteiger partial charge in [0.15, 0.2) is 5.78 Å². The first kappa shape index (κ1) is 13.8. The van der Waals surface area contributed by atoms with Gasteiger partial charge in [-0.1, -0.05) is 13.8 Å². The van der Waals surface area contributed by atoms with Gasteiger partial charge in [0.05, 0.1) is 19.8 Å². The van der Waals surface area contributed by atoms with E-state index in [1.54, 1.807) is 25.3 Å². The third-order valence-electron chi connectivity index (χ3n) is 2.60. The van der Waals surface area contributed by atoms with Gasteiger partial charge < -0.3 is 9.47 Å². The molecule has 0 saturated heterocycles. The lowest BCUT2D eigenvalue weighted by molar-refractivity contribution is 0.0858. The molecule has 0 aliphatic rings. The van der Waals surface area contributed by atoms with E-state index >= 15 is 0 Å². The van der Waals surface area contributed by atoms with Crippen molar-refractivity contribution in [3.63, 3.8) is 0 Å². The van der Waals surface area contributed by atoms with Gasteiger partial charge in [0.1, 0.15) is 11.5 Å². The van der Waals surface area contributed by atoms with E-state index in [0.717, 1.165) is 0 Å². The van der Waals surface area contributed by atoms with Gasteiger partial charge in [-0.05, 0) is 12.1 Å². The first-order chi connectivity index (χ1) is 7.96. The number of alkyl halides is 1. The fourth-order valence-electron chi connectivity index (χ4n) is 1.41. The number of ether oxygens (including phenoxy) is 2. The fourth-order valence-corrected chi connectivity index (χ4v) is 1.53. The highest BCUT2D eigenvalue weighted by molar-refractivity contribution is 6.21. The summed E-state index contributed by atoms with van der Waals surface area (Å²) in [6.45, 7) is 3.62. The molecule has 0 atom stereocenters. The predicted octanol–water partition coefficient (Wildman–Crippen LogP) is 3.15. The van der Waals surface area contributed by atoms with E-state index in [9.17, 15) is 4.79 Å². The summed E-state index contributed by atoms with van der Waals surface area (Å²) in [5, 5.41) is 0. The SMILES string of the molecule is COc1ccc(C(=O)C(C)(C)CCl)c(OC)c1. The highest BCUT2D eigenvalue weighted by atomic mass is 35.5. The van der Waals surface area contributed by atoms with Gasteiger partial charge in [-0.15, -0.1) is 11.6 Å². The molecule has 0 saturated carbocycles. The summed E-state index contributed by atoms with van der Waals surface area (Å²) in [5.41, 5.74) is -0.0809. The van der Waals surface area contributed by atoms with Crippen molar-refractivity contribution in [3.05, 3.63) is 23.8 Å². The molecule has 0 heterocycles. The van der Waals surface area contributed by atoms with E-state index in [1.807, 2.05) is 13.8 Å². The Morgan fingerprint density at radius 2 is 1.94 bits per heavy atom. The van der Waals surface area contributed by atoms with Crippen molar-refractivity contribution in [2.24, 2.45) is 5.41 Å². The Hall–Kier alpha value is -1.22.